The Balaban J connectivity index is 1.34. The van der Waals surface area contributed by atoms with E-state index in [1.807, 2.05) is 54.6 Å². The van der Waals surface area contributed by atoms with Crippen LogP contribution >= 0.6 is 0 Å². The third kappa shape index (κ3) is 4.90. The molecule has 7 nitrogen and oxygen atoms in total. The van der Waals surface area contributed by atoms with Crippen LogP contribution in [-0.4, -0.2) is 36.7 Å². The number of amides is 2. The molecule has 1 aliphatic heterocycles. The predicted octanol–water partition coefficient (Wildman–Crippen LogP) is 3.09. The van der Waals surface area contributed by atoms with Crippen molar-refractivity contribution in [3.63, 3.8) is 0 Å². The van der Waals surface area contributed by atoms with Crippen LogP contribution in [0.15, 0.2) is 72.8 Å². The quantitative estimate of drug-likeness (QED) is 0.539. The molecule has 0 aliphatic carbocycles. The first kappa shape index (κ1) is 21.4. The van der Waals surface area contributed by atoms with Crippen molar-refractivity contribution in [1.29, 1.82) is 0 Å². The lowest BCUT2D eigenvalue weighted by atomic mass is 9.93. The number of hydrogen-bond acceptors (Lipinski definition) is 5. The predicted molar refractivity (Wildman–Crippen MR) is 121 cm³/mol. The van der Waals surface area contributed by atoms with Gasteiger partial charge in [-0.3, -0.25) is 9.59 Å². The van der Waals surface area contributed by atoms with Crippen molar-refractivity contribution < 1.29 is 24.2 Å². The normalized spacial score (nSPS) is 14.2. The molecule has 4 rings (SSSR count). The molecule has 0 spiro atoms. The molecule has 7 heteroatoms. The summed E-state index contributed by atoms with van der Waals surface area (Å²) < 4.78 is 10.9. The second kappa shape index (κ2) is 9.11. The average molecular weight is 432 g/mol. The Bertz CT molecular complexity index is 1110. The van der Waals surface area contributed by atoms with E-state index in [0.717, 1.165) is 11.1 Å². The molecule has 1 heterocycles. The first-order valence-electron chi connectivity index (χ1n) is 10.3. The summed E-state index contributed by atoms with van der Waals surface area (Å²) in [7, 11) is 0. The fourth-order valence-electron chi connectivity index (χ4n) is 3.40. The van der Waals surface area contributed by atoms with Crippen molar-refractivity contribution in [2.75, 3.05) is 25.1 Å². The van der Waals surface area contributed by atoms with Crippen molar-refractivity contribution in [3.05, 3.63) is 78.4 Å². The fourth-order valence-corrected chi connectivity index (χ4v) is 3.40. The number of anilines is 1. The molecule has 1 aliphatic rings. The van der Waals surface area contributed by atoms with Crippen LogP contribution < -0.4 is 20.1 Å². The number of aliphatic hydroxyl groups is 1. The number of fused-ring (bicyclic) bond motifs is 1. The van der Waals surface area contributed by atoms with Crippen molar-refractivity contribution in [2.45, 2.75) is 12.5 Å². The van der Waals surface area contributed by atoms with Gasteiger partial charge in [0.15, 0.2) is 11.5 Å². The molecule has 3 aromatic carbocycles. The van der Waals surface area contributed by atoms with Gasteiger partial charge in [0.25, 0.3) is 0 Å². The summed E-state index contributed by atoms with van der Waals surface area (Å²) in [6.07, 6.45) is 0. The second-order valence-electron chi connectivity index (χ2n) is 7.71. The third-order valence-corrected chi connectivity index (χ3v) is 5.21. The lowest BCUT2D eigenvalue weighted by Crippen LogP contribution is -2.43. The van der Waals surface area contributed by atoms with Crippen LogP contribution in [-0.2, 0) is 15.2 Å². The monoisotopic (exact) mass is 432 g/mol. The molecule has 0 unspecified atom stereocenters. The first-order chi connectivity index (χ1) is 15.4. The number of benzene rings is 3. The largest absolute Gasteiger partial charge is 0.486 e. The van der Waals surface area contributed by atoms with Crippen LogP contribution in [0.4, 0.5) is 5.69 Å². The van der Waals surface area contributed by atoms with Gasteiger partial charge in [-0.15, -0.1) is 0 Å². The number of carbonyl (C=O) groups excluding carboxylic acids is 2. The highest BCUT2D eigenvalue weighted by molar-refractivity contribution is 6.39. The maximum atomic E-state index is 12.3. The standard InChI is InChI=1S/C25H24N2O5/c1-25(30,19-9-7-18(8-10-19)17-5-3-2-4-6-17)16-26-23(28)24(29)27-20-11-12-21-22(15-20)32-14-13-31-21/h2-12,15,30H,13-14,16H2,1H3,(H,26,28)(H,27,29)/t25-/m1/s1. The van der Waals surface area contributed by atoms with Gasteiger partial charge in [-0.1, -0.05) is 54.6 Å². The van der Waals surface area contributed by atoms with Gasteiger partial charge in [-0.2, -0.15) is 0 Å². The molecule has 0 fully saturated rings. The maximum absolute atomic E-state index is 12.3. The lowest BCUT2D eigenvalue weighted by molar-refractivity contribution is -0.136. The van der Waals surface area contributed by atoms with Crippen molar-refractivity contribution in [2.24, 2.45) is 0 Å². The fraction of sp³-hybridized carbons (Fsp3) is 0.200. The summed E-state index contributed by atoms with van der Waals surface area (Å²) in [4.78, 5) is 24.5. The Morgan fingerprint density at radius 2 is 1.53 bits per heavy atom. The minimum absolute atomic E-state index is 0.120. The molecule has 164 valence electrons. The molecule has 3 aromatic rings. The summed E-state index contributed by atoms with van der Waals surface area (Å²) in [6, 6.07) is 22.2. The second-order valence-corrected chi connectivity index (χ2v) is 7.71. The van der Waals surface area contributed by atoms with Crippen molar-refractivity contribution >= 4 is 17.5 Å². The molecule has 0 saturated heterocycles. The minimum atomic E-state index is -1.35. The molecule has 0 bridgehead atoms. The highest BCUT2D eigenvalue weighted by atomic mass is 16.6. The van der Waals surface area contributed by atoms with Crippen LogP contribution in [0, 0.1) is 0 Å². The van der Waals surface area contributed by atoms with E-state index in [-0.39, 0.29) is 6.54 Å². The maximum Gasteiger partial charge on any atom is 0.313 e. The van der Waals surface area contributed by atoms with E-state index in [1.54, 1.807) is 25.1 Å². The van der Waals surface area contributed by atoms with Gasteiger partial charge in [0.2, 0.25) is 0 Å². The zero-order valence-corrected chi connectivity index (χ0v) is 17.6. The summed E-state index contributed by atoms with van der Waals surface area (Å²) in [5, 5.41) is 15.8. The molecular weight excluding hydrogens is 408 g/mol. The topological polar surface area (TPSA) is 96.9 Å². The lowest BCUT2D eigenvalue weighted by Gasteiger charge is -2.24. The zero-order chi connectivity index (χ0) is 22.6. The summed E-state index contributed by atoms with van der Waals surface area (Å²) >= 11 is 0. The van der Waals surface area contributed by atoms with E-state index >= 15 is 0 Å². The van der Waals surface area contributed by atoms with Crippen LogP contribution in [0.5, 0.6) is 11.5 Å². The SMILES string of the molecule is C[C@@](O)(CNC(=O)C(=O)Nc1ccc2c(c1)OCCO2)c1ccc(-c2ccccc2)cc1. The van der Waals surface area contributed by atoms with Gasteiger partial charge in [0.1, 0.15) is 18.8 Å². The first-order valence-corrected chi connectivity index (χ1v) is 10.3. The van der Waals surface area contributed by atoms with E-state index in [9.17, 15) is 14.7 Å². The molecule has 0 saturated carbocycles. The van der Waals surface area contributed by atoms with Gasteiger partial charge in [-0.05, 0) is 35.7 Å². The molecule has 0 radical (unpaired) electrons. The number of hydrogen-bond donors (Lipinski definition) is 3. The third-order valence-electron chi connectivity index (χ3n) is 5.21. The Kier molecular flexibility index (Phi) is 6.09. The average Bonchev–Trinajstić information content (AvgIpc) is 2.83. The smallest absolute Gasteiger partial charge is 0.313 e. The summed E-state index contributed by atoms with van der Waals surface area (Å²) in [6.45, 7) is 2.36. The van der Waals surface area contributed by atoms with E-state index < -0.39 is 17.4 Å². The van der Waals surface area contributed by atoms with Gasteiger partial charge < -0.3 is 25.2 Å². The number of ether oxygens (including phenoxy) is 2. The van der Waals surface area contributed by atoms with E-state index in [1.165, 1.54) is 0 Å². The molecule has 0 aromatic heterocycles. The highest BCUT2D eigenvalue weighted by Crippen LogP contribution is 2.32. The molecule has 1 atom stereocenters. The van der Waals surface area contributed by atoms with Gasteiger partial charge >= 0.3 is 11.8 Å². The zero-order valence-electron chi connectivity index (χ0n) is 17.6. The van der Waals surface area contributed by atoms with Gasteiger partial charge in [-0.25, -0.2) is 0 Å². The Labute approximate surface area is 186 Å². The number of rotatable bonds is 5. The summed E-state index contributed by atoms with van der Waals surface area (Å²) in [5.41, 5.74) is 1.79. The van der Waals surface area contributed by atoms with E-state index in [0.29, 0.717) is 36.0 Å². The molecule has 3 N–H and O–H groups in total. The molecular formula is C25H24N2O5. The number of carbonyl (C=O) groups is 2. The molecule has 32 heavy (non-hydrogen) atoms. The van der Waals surface area contributed by atoms with E-state index in [4.69, 9.17) is 9.47 Å². The Morgan fingerprint density at radius 1 is 0.875 bits per heavy atom. The summed E-state index contributed by atoms with van der Waals surface area (Å²) in [5.74, 6) is -0.581. The molecule has 2 amide bonds. The van der Waals surface area contributed by atoms with Crippen LogP contribution in [0.1, 0.15) is 12.5 Å². The minimum Gasteiger partial charge on any atom is -0.486 e. The Hall–Kier alpha value is -3.84. The highest BCUT2D eigenvalue weighted by Gasteiger charge is 2.26. The Morgan fingerprint density at radius 3 is 2.25 bits per heavy atom. The van der Waals surface area contributed by atoms with Crippen molar-refractivity contribution in [3.8, 4) is 22.6 Å². The van der Waals surface area contributed by atoms with Gasteiger partial charge in [0.05, 0.1) is 6.54 Å². The van der Waals surface area contributed by atoms with E-state index in [2.05, 4.69) is 10.6 Å². The van der Waals surface area contributed by atoms with Crippen LogP contribution in [0.3, 0.4) is 0 Å². The van der Waals surface area contributed by atoms with Crippen LogP contribution in [0.2, 0.25) is 0 Å². The number of nitrogens with one attached hydrogen (secondary N) is 2. The van der Waals surface area contributed by atoms with Crippen molar-refractivity contribution in [1.82, 2.24) is 5.32 Å². The van der Waals surface area contributed by atoms with Gasteiger partial charge in [0, 0.05) is 11.8 Å². The van der Waals surface area contributed by atoms with Crippen LogP contribution in [0.25, 0.3) is 11.1 Å².